The zero-order chi connectivity index (χ0) is 20.7. The number of ether oxygens (including phenoxy) is 1. The topological polar surface area (TPSA) is 46.2 Å². The molecule has 0 bridgehead atoms. The van der Waals surface area contributed by atoms with Gasteiger partial charge in [0.25, 0.3) is 0 Å². The van der Waals surface area contributed by atoms with Gasteiger partial charge >= 0.3 is 0 Å². The van der Waals surface area contributed by atoms with Gasteiger partial charge < -0.3 is 15.4 Å². The molecule has 1 heterocycles. The predicted octanol–water partition coefficient (Wildman–Crippen LogP) is 5.25. The van der Waals surface area contributed by atoms with E-state index in [0.717, 1.165) is 29.5 Å². The van der Waals surface area contributed by atoms with Gasteiger partial charge in [0.2, 0.25) is 0 Å². The molecule has 1 unspecified atom stereocenters. The molecule has 0 amide bonds. The third-order valence-corrected chi connectivity index (χ3v) is 5.60. The molecule has 2 N–H and O–H groups in total. The zero-order valence-electron chi connectivity index (χ0n) is 17.7. The highest BCUT2D eigenvalue weighted by Crippen LogP contribution is 2.17. The molecule has 154 valence electrons. The second-order valence-corrected chi connectivity index (χ2v) is 9.12. The molecule has 3 aromatic rings. The molecule has 1 atom stereocenters. The highest BCUT2D eigenvalue weighted by Gasteiger charge is 2.20. The maximum absolute atomic E-state index is 5.82. The quantitative estimate of drug-likeness (QED) is 0.480. The van der Waals surface area contributed by atoms with Crippen molar-refractivity contribution in [3.05, 3.63) is 81.8 Å². The summed E-state index contributed by atoms with van der Waals surface area (Å²) in [6.45, 7) is 10.9. The number of thiazole rings is 1. The second-order valence-electron chi connectivity index (χ2n) is 8.05. The molecular weight excluding hydrogens is 378 g/mol. The van der Waals surface area contributed by atoms with Gasteiger partial charge in [-0.1, -0.05) is 42.5 Å². The Morgan fingerprint density at radius 3 is 2.45 bits per heavy atom. The Hall–Kier alpha value is -2.21. The third-order valence-electron chi connectivity index (χ3n) is 4.78. The van der Waals surface area contributed by atoms with Gasteiger partial charge in [0.05, 0.1) is 10.7 Å². The second kappa shape index (κ2) is 10.0. The molecule has 29 heavy (non-hydrogen) atoms. The lowest BCUT2D eigenvalue weighted by Crippen LogP contribution is -2.48. The number of nitrogens with one attached hydrogen (secondary N) is 2. The Kier molecular flexibility index (Phi) is 7.42. The van der Waals surface area contributed by atoms with Crippen LogP contribution in [0.2, 0.25) is 0 Å². The van der Waals surface area contributed by atoms with Crippen LogP contribution < -0.4 is 15.4 Å². The smallest absolute Gasteiger partial charge is 0.131 e. The van der Waals surface area contributed by atoms with Crippen LogP contribution in [0.5, 0.6) is 5.75 Å². The van der Waals surface area contributed by atoms with Crippen molar-refractivity contribution in [1.82, 2.24) is 15.6 Å². The number of rotatable bonds is 10. The van der Waals surface area contributed by atoms with Gasteiger partial charge in [0.1, 0.15) is 12.4 Å². The lowest BCUT2D eigenvalue weighted by Gasteiger charge is -2.31. The average molecular weight is 410 g/mol. The van der Waals surface area contributed by atoms with Gasteiger partial charge in [-0.05, 0) is 51.0 Å². The summed E-state index contributed by atoms with van der Waals surface area (Å²) in [5.74, 6) is 0.873. The van der Waals surface area contributed by atoms with Crippen molar-refractivity contribution in [2.24, 2.45) is 0 Å². The first kappa shape index (κ1) is 21.5. The summed E-state index contributed by atoms with van der Waals surface area (Å²) >= 11 is 1.65. The molecule has 0 saturated carbocycles. The summed E-state index contributed by atoms with van der Waals surface area (Å²) < 4.78 is 5.82. The Labute approximate surface area is 178 Å². The molecule has 0 aliphatic heterocycles. The summed E-state index contributed by atoms with van der Waals surface area (Å²) in [4.78, 5) is 4.42. The molecule has 5 heteroatoms. The largest absolute Gasteiger partial charge is 0.487 e. The molecule has 0 aliphatic rings. The summed E-state index contributed by atoms with van der Waals surface area (Å²) in [6, 6.07) is 19.1. The Balaban J connectivity index is 1.42. The molecule has 0 radical (unpaired) electrons. The molecule has 0 saturated heterocycles. The van der Waals surface area contributed by atoms with E-state index in [1.54, 1.807) is 11.3 Å². The molecule has 4 nitrogen and oxygen atoms in total. The van der Waals surface area contributed by atoms with E-state index in [2.05, 4.69) is 78.9 Å². The lowest BCUT2D eigenvalue weighted by molar-refractivity contribution is 0.302. The fourth-order valence-electron chi connectivity index (χ4n) is 3.32. The molecular formula is C24H31N3OS. The first-order valence-electron chi connectivity index (χ1n) is 10.1. The van der Waals surface area contributed by atoms with Crippen LogP contribution in [0.1, 0.15) is 48.6 Å². The Morgan fingerprint density at radius 1 is 1.07 bits per heavy atom. The van der Waals surface area contributed by atoms with Crippen molar-refractivity contribution in [1.29, 1.82) is 0 Å². The summed E-state index contributed by atoms with van der Waals surface area (Å²) in [6.07, 6.45) is 0. The van der Waals surface area contributed by atoms with Crippen LogP contribution in [0, 0.1) is 6.92 Å². The van der Waals surface area contributed by atoms with Gasteiger partial charge in [-0.25, -0.2) is 4.98 Å². The fraction of sp³-hybridized carbons (Fsp3) is 0.375. The van der Waals surface area contributed by atoms with E-state index in [1.807, 2.05) is 24.4 Å². The van der Waals surface area contributed by atoms with E-state index in [-0.39, 0.29) is 5.54 Å². The summed E-state index contributed by atoms with van der Waals surface area (Å²) in [7, 11) is 0. The van der Waals surface area contributed by atoms with E-state index < -0.39 is 0 Å². The van der Waals surface area contributed by atoms with Gasteiger partial charge in [-0.2, -0.15) is 0 Å². The minimum atomic E-state index is -0.00994. The van der Waals surface area contributed by atoms with Crippen LogP contribution in [-0.2, 0) is 13.2 Å². The predicted molar refractivity (Wildman–Crippen MR) is 121 cm³/mol. The van der Waals surface area contributed by atoms with Crippen LogP contribution in [0.4, 0.5) is 0 Å². The minimum absolute atomic E-state index is 0.00994. The van der Waals surface area contributed by atoms with E-state index in [4.69, 9.17) is 4.74 Å². The van der Waals surface area contributed by atoms with Gasteiger partial charge in [0.15, 0.2) is 0 Å². The molecule has 0 aliphatic carbocycles. The van der Waals surface area contributed by atoms with Crippen molar-refractivity contribution >= 4 is 11.3 Å². The molecule has 2 aromatic carbocycles. The molecule has 0 fully saturated rings. The van der Waals surface area contributed by atoms with Crippen LogP contribution >= 0.6 is 11.3 Å². The highest BCUT2D eigenvalue weighted by molar-refractivity contribution is 7.09. The highest BCUT2D eigenvalue weighted by atomic mass is 32.1. The van der Waals surface area contributed by atoms with E-state index in [0.29, 0.717) is 12.6 Å². The number of benzene rings is 2. The molecule has 1 aromatic heterocycles. The van der Waals surface area contributed by atoms with Crippen molar-refractivity contribution in [3.8, 4) is 5.75 Å². The van der Waals surface area contributed by atoms with Crippen molar-refractivity contribution in [2.45, 2.75) is 52.4 Å². The van der Waals surface area contributed by atoms with Crippen molar-refractivity contribution in [2.75, 3.05) is 6.54 Å². The first-order valence-corrected chi connectivity index (χ1v) is 11.0. The van der Waals surface area contributed by atoms with E-state index in [1.165, 1.54) is 11.1 Å². The normalized spacial score (nSPS) is 12.7. The van der Waals surface area contributed by atoms with E-state index in [9.17, 15) is 0 Å². The maximum Gasteiger partial charge on any atom is 0.131 e. The number of hydrogen-bond acceptors (Lipinski definition) is 5. The average Bonchev–Trinajstić information content (AvgIpc) is 3.13. The monoisotopic (exact) mass is 409 g/mol. The van der Waals surface area contributed by atoms with Crippen molar-refractivity contribution in [3.63, 3.8) is 0 Å². The zero-order valence-corrected chi connectivity index (χ0v) is 18.6. The number of hydrogen-bond donors (Lipinski definition) is 2. The minimum Gasteiger partial charge on any atom is -0.487 e. The van der Waals surface area contributed by atoms with Crippen LogP contribution in [0.25, 0.3) is 0 Å². The van der Waals surface area contributed by atoms with Gasteiger partial charge in [0, 0.05) is 30.1 Å². The number of aromatic nitrogens is 1. The Morgan fingerprint density at radius 2 is 1.79 bits per heavy atom. The standard InChI is InChI=1S/C24H31N3OS/c1-18(21-8-6-5-7-9-21)27-24(3,4)17-25-14-20-10-12-23(13-11-20)28-15-22-16-29-19(2)26-22/h5-13,16,18,25,27H,14-15,17H2,1-4H3. The van der Waals surface area contributed by atoms with Crippen LogP contribution in [-0.4, -0.2) is 17.1 Å². The van der Waals surface area contributed by atoms with E-state index >= 15 is 0 Å². The number of aryl methyl sites for hydroxylation is 1. The lowest BCUT2D eigenvalue weighted by atomic mass is 10.0. The van der Waals surface area contributed by atoms with Crippen molar-refractivity contribution < 1.29 is 4.74 Å². The maximum atomic E-state index is 5.82. The molecule has 3 rings (SSSR count). The van der Waals surface area contributed by atoms with Gasteiger partial charge in [-0.3, -0.25) is 0 Å². The third kappa shape index (κ3) is 6.96. The van der Waals surface area contributed by atoms with Crippen LogP contribution in [0.3, 0.4) is 0 Å². The fourth-order valence-corrected chi connectivity index (χ4v) is 3.91. The van der Waals surface area contributed by atoms with Gasteiger partial charge in [-0.15, -0.1) is 11.3 Å². The first-order chi connectivity index (χ1) is 13.9. The SMILES string of the molecule is Cc1nc(COc2ccc(CNCC(C)(C)NC(C)c3ccccc3)cc2)cs1. The van der Waals surface area contributed by atoms with Crippen LogP contribution in [0.15, 0.2) is 60.0 Å². The number of nitrogens with zero attached hydrogens (tertiary/aromatic N) is 1. The Bertz CT molecular complexity index is 875. The summed E-state index contributed by atoms with van der Waals surface area (Å²) in [5, 5.41) is 10.4. The molecule has 0 spiro atoms. The summed E-state index contributed by atoms with van der Waals surface area (Å²) in [5.41, 5.74) is 3.53.